The molecule has 0 aliphatic rings. The predicted octanol–water partition coefficient (Wildman–Crippen LogP) is 4.02. The summed E-state index contributed by atoms with van der Waals surface area (Å²) in [6.45, 7) is 5.14. The average molecular weight is 315 g/mol. The number of nitrogens with two attached hydrogens (primary N) is 1. The standard InChI is InChI=1S/C13H15ClN2OS2/c1-3-16(7-9-4-5-12(14)19-9)13(17)11-6-10(15)8(2)18-11/h4-6H,3,7,15H2,1-2H3. The van der Waals surface area contributed by atoms with Crippen LogP contribution in [0.25, 0.3) is 0 Å². The highest BCUT2D eigenvalue weighted by molar-refractivity contribution is 7.16. The summed E-state index contributed by atoms with van der Waals surface area (Å²) >= 11 is 8.85. The first-order valence-electron chi connectivity index (χ1n) is 5.90. The van der Waals surface area contributed by atoms with Crippen LogP contribution in [0.2, 0.25) is 4.34 Å². The van der Waals surface area contributed by atoms with Crippen LogP contribution in [-0.4, -0.2) is 17.4 Å². The monoisotopic (exact) mass is 314 g/mol. The number of thiophene rings is 2. The number of nitrogen functional groups attached to an aromatic ring is 1. The van der Waals surface area contributed by atoms with Gasteiger partial charge in [-0.2, -0.15) is 0 Å². The maximum absolute atomic E-state index is 12.4. The molecule has 0 radical (unpaired) electrons. The highest BCUT2D eigenvalue weighted by atomic mass is 35.5. The van der Waals surface area contributed by atoms with Crippen LogP contribution in [0.4, 0.5) is 5.69 Å². The van der Waals surface area contributed by atoms with E-state index in [-0.39, 0.29) is 5.91 Å². The number of halogens is 1. The number of carbonyl (C=O) groups excluding carboxylic acids is 1. The second kappa shape index (κ2) is 5.94. The van der Waals surface area contributed by atoms with E-state index in [0.717, 1.165) is 14.1 Å². The Morgan fingerprint density at radius 2 is 2.16 bits per heavy atom. The molecule has 1 amide bonds. The lowest BCUT2D eigenvalue weighted by Gasteiger charge is -2.19. The SMILES string of the molecule is CCN(Cc1ccc(Cl)s1)C(=O)c1cc(N)c(C)s1. The van der Waals surface area contributed by atoms with Gasteiger partial charge in [0.15, 0.2) is 0 Å². The third-order valence-electron chi connectivity index (χ3n) is 2.81. The van der Waals surface area contributed by atoms with Crippen LogP contribution >= 0.6 is 34.3 Å². The molecule has 0 aromatic carbocycles. The van der Waals surface area contributed by atoms with Gasteiger partial charge in [0.1, 0.15) is 0 Å². The van der Waals surface area contributed by atoms with Gasteiger partial charge in [0, 0.05) is 22.0 Å². The number of hydrogen-bond acceptors (Lipinski definition) is 4. The van der Waals surface area contributed by atoms with Crippen LogP contribution in [0.3, 0.4) is 0 Å². The van der Waals surface area contributed by atoms with Gasteiger partial charge in [-0.1, -0.05) is 11.6 Å². The zero-order chi connectivity index (χ0) is 14.0. The van der Waals surface area contributed by atoms with Crippen LogP contribution in [0.5, 0.6) is 0 Å². The molecular formula is C13H15ClN2OS2. The van der Waals surface area contributed by atoms with E-state index in [9.17, 15) is 4.79 Å². The van der Waals surface area contributed by atoms with Crippen LogP contribution in [0.1, 0.15) is 26.3 Å². The molecule has 0 atom stereocenters. The zero-order valence-corrected chi connectivity index (χ0v) is 13.2. The molecule has 0 aliphatic heterocycles. The minimum absolute atomic E-state index is 0.0248. The van der Waals surface area contributed by atoms with Gasteiger partial charge in [-0.15, -0.1) is 22.7 Å². The predicted molar refractivity (Wildman–Crippen MR) is 83.2 cm³/mol. The van der Waals surface area contributed by atoms with Crippen molar-refractivity contribution < 1.29 is 4.79 Å². The summed E-state index contributed by atoms with van der Waals surface area (Å²) in [6.07, 6.45) is 0. The van der Waals surface area contributed by atoms with Crippen molar-refractivity contribution in [3.63, 3.8) is 0 Å². The van der Waals surface area contributed by atoms with Crippen LogP contribution < -0.4 is 5.73 Å². The van der Waals surface area contributed by atoms with E-state index in [1.54, 1.807) is 11.0 Å². The van der Waals surface area contributed by atoms with Gasteiger partial charge in [-0.3, -0.25) is 4.79 Å². The minimum atomic E-state index is 0.0248. The molecule has 6 heteroatoms. The molecule has 2 aromatic rings. The van der Waals surface area contributed by atoms with E-state index >= 15 is 0 Å². The van der Waals surface area contributed by atoms with E-state index < -0.39 is 0 Å². The van der Waals surface area contributed by atoms with Crippen molar-refractivity contribution in [2.45, 2.75) is 20.4 Å². The Balaban J connectivity index is 2.15. The van der Waals surface area contributed by atoms with Crippen molar-refractivity contribution in [2.24, 2.45) is 0 Å². The molecule has 2 aromatic heterocycles. The van der Waals surface area contributed by atoms with Gasteiger partial charge >= 0.3 is 0 Å². The molecule has 2 rings (SSSR count). The summed E-state index contributed by atoms with van der Waals surface area (Å²) in [5.74, 6) is 0.0248. The summed E-state index contributed by atoms with van der Waals surface area (Å²) in [5.41, 5.74) is 6.48. The lowest BCUT2D eigenvalue weighted by Crippen LogP contribution is -2.29. The van der Waals surface area contributed by atoms with Crippen LogP contribution in [-0.2, 0) is 6.54 Å². The van der Waals surface area contributed by atoms with Gasteiger partial charge in [0.2, 0.25) is 0 Å². The largest absolute Gasteiger partial charge is 0.398 e. The van der Waals surface area contributed by atoms with Crippen molar-refractivity contribution in [3.05, 3.63) is 37.2 Å². The topological polar surface area (TPSA) is 46.3 Å². The van der Waals surface area contributed by atoms with Crippen molar-refractivity contribution in [2.75, 3.05) is 12.3 Å². The summed E-state index contributed by atoms with van der Waals surface area (Å²) in [6, 6.07) is 5.57. The number of amides is 1. The first kappa shape index (κ1) is 14.4. The Morgan fingerprint density at radius 1 is 1.42 bits per heavy atom. The van der Waals surface area contributed by atoms with Crippen molar-refractivity contribution in [3.8, 4) is 0 Å². The molecule has 0 fully saturated rings. The lowest BCUT2D eigenvalue weighted by atomic mass is 10.3. The number of aryl methyl sites for hydroxylation is 1. The summed E-state index contributed by atoms with van der Waals surface area (Å²) < 4.78 is 0.745. The molecule has 19 heavy (non-hydrogen) atoms. The van der Waals surface area contributed by atoms with Gasteiger partial charge in [0.25, 0.3) is 5.91 Å². The van der Waals surface area contributed by atoms with E-state index in [4.69, 9.17) is 17.3 Å². The second-order valence-electron chi connectivity index (χ2n) is 4.15. The highest BCUT2D eigenvalue weighted by Gasteiger charge is 2.18. The Morgan fingerprint density at radius 3 is 2.63 bits per heavy atom. The Hall–Kier alpha value is -1.04. The van der Waals surface area contributed by atoms with Crippen molar-refractivity contribution in [1.82, 2.24) is 4.90 Å². The first-order valence-corrected chi connectivity index (χ1v) is 7.91. The molecule has 2 heterocycles. The normalized spacial score (nSPS) is 10.7. The molecule has 102 valence electrons. The Bertz CT molecular complexity index is 572. The first-order chi connectivity index (χ1) is 9.01. The van der Waals surface area contributed by atoms with Crippen molar-refractivity contribution >= 4 is 45.9 Å². The molecule has 0 saturated heterocycles. The molecule has 0 bridgehead atoms. The number of anilines is 1. The molecule has 0 saturated carbocycles. The van der Waals surface area contributed by atoms with Crippen LogP contribution in [0.15, 0.2) is 18.2 Å². The minimum Gasteiger partial charge on any atom is -0.398 e. The quantitative estimate of drug-likeness (QED) is 0.926. The van der Waals surface area contributed by atoms with Gasteiger partial charge in [0.05, 0.1) is 15.8 Å². The van der Waals surface area contributed by atoms with Crippen molar-refractivity contribution in [1.29, 1.82) is 0 Å². The van der Waals surface area contributed by atoms with Crippen LogP contribution in [0, 0.1) is 6.92 Å². The third kappa shape index (κ3) is 3.29. The lowest BCUT2D eigenvalue weighted by molar-refractivity contribution is 0.0759. The maximum atomic E-state index is 12.4. The van der Waals surface area contributed by atoms with Gasteiger partial charge < -0.3 is 10.6 Å². The fourth-order valence-corrected chi connectivity index (χ4v) is 3.72. The molecule has 0 unspecified atom stereocenters. The number of carbonyl (C=O) groups is 1. The maximum Gasteiger partial charge on any atom is 0.264 e. The molecule has 0 spiro atoms. The van der Waals surface area contributed by atoms with E-state index in [0.29, 0.717) is 23.7 Å². The molecule has 0 aliphatic carbocycles. The smallest absolute Gasteiger partial charge is 0.264 e. The molecular weight excluding hydrogens is 300 g/mol. The summed E-state index contributed by atoms with van der Waals surface area (Å²) in [5, 5.41) is 0. The Kier molecular flexibility index (Phi) is 4.50. The molecule has 3 nitrogen and oxygen atoms in total. The zero-order valence-electron chi connectivity index (χ0n) is 10.8. The fourth-order valence-electron chi connectivity index (χ4n) is 1.71. The highest BCUT2D eigenvalue weighted by Crippen LogP contribution is 2.27. The summed E-state index contributed by atoms with van der Waals surface area (Å²) in [7, 11) is 0. The van der Waals surface area contributed by atoms with E-state index in [1.165, 1.54) is 22.7 Å². The van der Waals surface area contributed by atoms with Gasteiger partial charge in [-0.25, -0.2) is 0 Å². The number of nitrogens with zero attached hydrogens (tertiary/aromatic N) is 1. The second-order valence-corrected chi connectivity index (χ2v) is 7.20. The number of hydrogen-bond donors (Lipinski definition) is 1. The third-order valence-corrected chi connectivity index (χ3v) is 5.08. The van der Waals surface area contributed by atoms with E-state index in [1.807, 2.05) is 26.0 Å². The summed E-state index contributed by atoms with van der Waals surface area (Å²) in [4.78, 5) is 17.0. The average Bonchev–Trinajstić information content (AvgIpc) is 2.93. The molecule has 2 N–H and O–H groups in total. The number of rotatable bonds is 4. The Labute approximate surface area is 125 Å². The van der Waals surface area contributed by atoms with E-state index in [2.05, 4.69) is 0 Å². The fraction of sp³-hybridized carbons (Fsp3) is 0.308. The van der Waals surface area contributed by atoms with Gasteiger partial charge in [-0.05, 0) is 32.0 Å².